The number of amides is 1. The van der Waals surface area contributed by atoms with E-state index in [9.17, 15) is 19.2 Å². The summed E-state index contributed by atoms with van der Waals surface area (Å²) in [5, 5.41) is 3.04. The van der Waals surface area contributed by atoms with Gasteiger partial charge in [0.2, 0.25) is 5.91 Å². The van der Waals surface area contributed by atoms with Gasteiger partial charge in [0, 0.05) is 6.54 Å². The summed E-state index contributed by atoms with van der Waals surface area (Å²) in [6, 6.07) is 12.8. The number of esters is 1. The number of carbonyl (C=O) groups is 2. The van der Waals surface area contributed by atoms with E-state index in [1.165, 1.54) is 23.8 Å². The van der Waals surface area contributed by atoms with Gasteiger partial charge >= 0.3 is 11.7 Å². The SMILES string of the molecule is CCCCNC(=O)Cn1c(=O)n(-c2ccccc2C(=O)OC)c(=O)c2ccccc21. The predicted molar refractivity (Wildman–Crippen MR) is 113 cm³/mol. The Morgan fingerprint density at radius 3 is 2.47 bits per heavy atom. The molecule has 0 saturated carbocycles. The Kier molecular flexibility index (Phi) is 6.46. The molecule has 0 atom stereocenters. The van der Waals surface area contributed by atoms with E-state index in [1.807, 2.05) is 6.92 Å². The molecule has 1 amide bonds. The van der Waals surface area contributed by atoms with Gasteiger partial charge in [0.05, 0.1) is 29.3 Å². The van der Waals surface area contributed by atoms with Gasteiger partial charge in [-0.1, -0.05) is 37.6 Å². The standard InChI is InChI=1S/C22H23N3O5/c1-3-4-13-23-19(26)14-24-17-11-7-5-9-15(17)20(27)25(22(24)29)18-12-8-6-10-16(18)21(28)30-2/h5-12H,3-4,13-14H2,1-2H3,(H,23,26). The van der Waals surface area contributed by atoms with Crippen molar-refractivity contribution in [3.63, 3.8) is 0 Å². The van der Waals surface area contributed by atoms with Crippen LogP contribution in [-0.2, 0) is 16.1 Å². The van der Waals surface area contributed by atoms with Gasteiger partial charge in [-0.05, 0) is 30.7 Å². The lowest BCUT2D eigenvalue weighted by Crippen LogP contribution is -2.42. The van der Waals surface area contributed by atoms with Crippen molar-refractivity contribution in [2.45, 2.75) is 26.3 Å². The number of hydrogen-bond donors (Lipinski definition) is 1. The average Bonchev–Trinajstić information content (AvgIpc) is 2.77. The molecule has 1 heterocycles. The number of rotatable bonds is 7. The van der Waals surface area contributed by atoms with E-state index in [-0.39, 0.29) is 29.1 Å². The van der Waals surface area contributed by atoms with Crippen LogP contribution in [0.2, 0.25) is 0 Å². The molecule has 0 aliphatic carbocycles. The highest BCUT2D eigenvalue weighted by molar-refractivity contribution is 5.93. The number of benzene rings is 2. The van der Waals surface area contributed by atoms with Crippen LogP contribution in [0.25, 0.3) is 16.6 Å². The lowest BCUT2D eigenvalue weighted by atomic mass is 10.1. The third-order valence-corrected chi connectivity index (χ3v) is 4.76. The van der Waals surface area contributed by atoms with Gasteiger partial charge in [-0.25, -0.2) is 14.2 Å². The van der Waals surface area contributed by atoms with Crippen LogP contribution in [0.5, 0.6) is 0 Å². The minimum atomic E-state index is -0.708. The molecule has 0 radical (unpaired) electrons. The molecule has 0 spiro atoms. The number of carbonyl (C=O) groups excluding carboxylic acids is 2. The molecule has 2 aromatic carbocycles. The number of ether oxygens (including phenoxy) is 1. The highest BCUT2D eigenvalue weighted by atomic mass is 16.5. The van der Waals surface area contributed by atoms with E-state index in [0.717, 1.165) is 17.4 Å². The molecule has 0 aliphatic heterocycles. The fourth-order valence-electron chi connectivity index (χ4n) is 3.24. The number of nitrogens with one attached hydrogen (secondary N) is 1. The molecule has 30 heavy (non-hydrogen) atoms. The third-order valence-electron chi connectivity index (χ3n) is 4.76. The van der Waals surface area contributed by atoms with Gasteiger partial charge in [0.25, 0.3) is 5.56 Å². The largest absolute Gasteiger partial charge is 0.465 e. The molecule has 8 nitrogen and oxygen atoms in total. The van der Waals surface area contributed by atoms with Crippen molar-refractivity contribution in [3.05, 3.63) is 74.9 Å². The molecule has 1 N–H and O–H groups in total. The first-order chi connectivity index (χ1) is 14.5. The summed E-state index contributed by atoms with van der Waals surface area (Å²) in [6.45, 7) is 2.27. The Hall–Kier alpha value is -3.68. The summed E-state index contributed by atoms with van der Waals surface area (Å²) in [5.41, 5.74) is -0.751. The van der Waals surface area contributed by atoms with Crippen LogP contribution in [0, 0.1) is 0 Å². The van der Waals surface area contributed by atoms with Gasteiger partial charge in [0.1, 0.15) is 6.54 Å². The van der Waals surface area contributed by atoms with Crippen molar-refractivity contribution in [1.29, 1.82) is 0 Å². The third kappa shape index (κ3) is 4.03. The van der Waals surface area contributed by atoms with Crippen molar-refractivity contribution in [2.75, 3.05) is 13.7 Å². The van der Waals surface area contributed by atoms with Crippen LogP contribution >= 0.6 is 0 Å². The Morgan fingerprint density at radius 1 is 1.03 bits per heavy atom. The molecule has 8 heteroatoms. The van der Waals surface area contributed by atoms with Crippen LogP contribution in [0.15, 0.2) is 58.1 Å². The molecule has 3 aromatic rings. The fraction of sp³-hybridized carbons (Fsp3) is 0.273. The number of fused-ring (bicyclic) bond motifs is 1. The van der Waals surface area contributed by atoms with E-state index < -0.39 is 17.2 Å². The molecule has 0 unspecified atom stereocenters. The first kappa shape index (κ1) is 21.0. The van der Waals surface area contributed by atoms with Crippen LogP contribution < -0.4 is 16.6 Å². The predicted octanol–water partition coefficient (Wildman–Crippen LogP) is 1.86. The minimum absolute atomic E-state index is 0.0772. The van der Waals surface area contributed by atoms with E-state index in [4.69, 9.17) is 4.74 Å². The molecule has 1 aromatic heterocycles. The van der Waals surface area contributed by atoms with Gasteiger partial charge in [0.15, 0.2) is 0 Å². The van der Waals surface area contributed by atoms with E-state index >= 15 is 0 Å². The van der Waals surface area contributed by atoms with Gasteiger partial charge < -0.3 is 10.1 Å². The number of aromatic nitrogens is 2. The first-order valence-electron chi connectivity index (χ1n) is 9.68. The second kappa shape index (κ2) is 9.21. The highest BCUT2D eigenvalue weighted by Gasteiger charge is 2.20. The number of methoxy groups -OCH3 is 1. The van der Waals surface area contributed by atoms with Crippen LogP contribution in [-0.4, -0.2) is 34.7 Å². The normalized spacial score (nSPS) is 10.7. The fourth-order valence-corrected chi connectivity index (χ4v) is 3.24. The Bertz CT molecular complexity index is 1210. The van der Waals surface area contributed by atoms with Gasteiger partial charge in [-0.2, -0.15) is 0 Å². The second-order valence-electron chi connectivity index (χ2n) is 6.74. The van der Waals surface area contributed by atoms with E-state index in [2.05, 4.69) is 5.32 Å². The Labute approximate surface area is 172 Å². The summed E-state index contributed by atoms with van der Waals surface area (Å²) in [5.74, 6) is -1.00. The summed E-state index contributed by atoms with van der Waals surface area (Å²) >= 11 is 0. The molecule has 0 saturated heterocycles. The van der Waals surface area contributed by atoms with Gasteiger partial charge in [-0.15, -0.1) is 0 Å². The molecular weight excluding hydrogens is 386 g/mol. The Morgan fingerprint density at radius 2 is 1.73 bits per heavy atom. The van der Waals surface area contributed by atoms with Crippen molar-refractivity contribution in [2.24, 2.45) is 0 Å². The summed E-state index contributed by atoms with van der Waals surface area (Å²) in [7, 11) is 1.22. The van der Waals surface area contributed by atoms with Crippen LogP contribution in [0.3, 0.4) is 0 Å². The highest BCUT2D eigenvalue weighted by Crippen LogP contribution is 2.15. The topological polar surface area (TPSA) is 99.4 Å². The molecule has 3 rings (SSSR count). The monoisotopic (exact) mass is 409 g/mol. The maximum atomic E-state index is 13.3. The molecule has 156 valence electrons. The smallest absolute Gasteiger partial charge is 0.339 e. The maximum absolute atomic E-state index is 13.3. The summed E-state index contributed by atoms with van der Waals surface area (Å²) in [6.07, 6.45) is 1.76. The number of nitrogens with zero attached hydrogens (tertiary/aromatic N) is 2. The maximum Gasteiger partial charge on any atom is 0.339 e. The second-order valence-corrected chi connectivity index (χ2v) is 6.74. The average molecular weight is 409 g/mol. The summed E-state index contributed by atoms with van der Waals surface area (Å²) in [4.78, 5) is 51.1. The van der Waals surface area contributed by atoms with Gasteiger partial charge in [-0.3, -0.25) is 14.2 Å². The van der Waals surface area contributed by atoms with Crippen molar-refractivity contribution < 1.29 is 14.3 Å². The Balaban J connectivity index is 2.23. The van der Waals surface area contributed by atoms with Crippen LogP contribution in [0.1, 0.15) is 30.1 Å². The van der Waals surface area contributed by atoms with E-state index in [1.54, 1.807) is 36.4 Å². The molecular formula is C22H23N3O5. The van der Waals surface area contributed by atoms with Crippen LogP contribution in [0.4, 0.5) is 0 Å². The first-order valence-corrected chi connectivity index (χ1v) is 9.68. The molecule has 0 bridgehead atoms. The lowest BCUT2D eigenvalue weighted by Gasteiger charge is -2.15. The quantitative estimate of drug-likeness (QED) is 0.474. The zero-order valence-electron chi connectivity index (χ0n) is 16.9. The van der Waals surface area contributed by atoms with Crippen molar-refractivity contribution >= 4 is 22.8 Å². The zero-order valence-corrected chi connectivity index (χ0v) is 16.9. The zero-order chi connectivity index (χ0) is 21.7. The molecule has 0 fully saturated rings. The summed E-state index contributed by atoms with van der Waals surface area (Å²) < 4.78 is 6.94. The number of hydrogen-bond acceptors (Lipinski definition) is 5. The van der Waals surface area contributed by atoms with Crippen molar-refractivity contribution in [1.82, 2.24) is 14.5 Å². The van der Waals surface area contributed by atoms with E-state index in [0.29, 0.717) is 12.1 Å². The lowest BCUT2D eigenvalue weighted by molar-refractivity contribution is -0.121. The number of para-hydroxylation sites is 2. The van der Waals surface area contributed by atoms with Crippen molar-refractivity contribution in [3.8, 4) is 5.69 Å². The molecule has 0 aliphatic rings. The number of unbranched alkanes of at least 4 members (excludes halogenated alkanes) is 1. The minimum Gasteiger partial charge on any atom is -0.465 e.